The Hall–Kier alpha value is -2.57. The number of amides is 2. The first-order chi connectivity index (χ1) is 14.0. The van der Waals surface area contributed by atoms with E-state index in [1.807, 2.05) is 19.1 Å². The van der Waals surface area contributed by atoms with Crippen molar-refractivity contribution in [3.8, 4) is 5.75 Å². The highest BCUT2D eigenvalue weighted by Crippen LogP contribution is 2.30. The van der Waals surface area contributed by atoms with Crippen LogP contribution in [-0.2, 0) is 9.59 Å². The average Bonchev–Trinajstić information content (AvgIpc) is 3.04. The highest BCUT2D eigenvalue weighted by Gasteiger charge is 2.46. The second-order valence-corrected chi connectivity index (χ2v) is 7.96. The number of nitrogens with zero attached hydrogens (tertiary/aromatic N) is 2. The minimum Gasteiger partial charge on any atom is -0.497 e. The van der Waals surface area contributed by atoms with Crippen LogP contribution in [0, 0.1) is 6.92 Å². The number of hydrogen-bond donors (Lipinski definition) is 1. The molecule has 2 aromatic rings. The molecule has 2 saturated heterocycles. The fourth-order valence-corrected chi connectivity index (χ4v) is 4.41. The number of carbonyl (C=O) groups excluding carboxylic acids is 2. The van der Waals surface area contributed by atoms with Crippen LogP contribution in [0.25, 0.3) is 0 Å². The molecule has 0 bridgehead atoms. The number of ether oxygens (including phenoxy) is 1. The molecule has 2 aliphatic rings. The van der Waals surface area contributed by atoms with Gasteiger partial charge in [-0.15, -0.1) is 0 Å². The van der Waals surface area contributed by atoms with Gasteiger partial charge in [0.05, 0.1) is 45.4 Å². The molecule has 6 nitrogen and oxygen atoms in total. The van der Waals surface area contributed by atoms with Crippen LogP contribution in [-0.4, -0.2) is 51.1 Å². The van der Waals surface area contributed by atoms with Crippen LogP contribution in [0.1, 0.15) is 12.0 Å². The van der Waals surface area contributed by atoms with E-state index >= 15 is 0 Å². The lowest BCUT2D eigenvalue weighted by Crippen LogP contribution is -3.19. The van der Waals surface area contributed by atoms with E-state index in [-0.39, 0.29) is 24.3 Å². The number of anilines is 2. The van der Waals surface area contributed by atoms with Crippen molar-refractivity contribution in [1.29, 1.82) is 0 Å². The topological polar surface area (TPSA) is 54.3 Å². The summed E-state index contributed by atoms with van der Waals surface area (Å²) in [5.41, 5.74) is 2.51. The van der Waals surface area contributed by atoms with Crippen LogP contribution in [0.3, 0.4) is 0 Å². The Labute approximate surface area is 175 Å². The first-order valence-electron chi connectivity index (χ1n) is 9.85. The zero-order valence-corrected chi connectivity index (χ0v) is 17.4. The Morgan fingerprint density at radius 2 is 1.76 bits per heavy atom. The lowest BCUT2D eigenvalue weighted by Gasteiger charge is -2.35. The van der Waals surface area contributed by atoms with E-state index < -0.39 is 0 Å². The second-order valence-electron chi connectivity index (χ2n) is 7.55. The number of benzene rings is 2. The Morgan fingerprint density at radius 1 is 1.07 bits per heavy atom. The fraction of sp³-hybridized carbons (Fsp3) is 0.364. The summed E-state index contributed by atoms with van der Waals surface area (Å²) in [6, 6.07) is 13.0. The molecule has 0 saturated carbocycles. The van der Waals surface area contributed by atoms with Gasteiger partial charge in [-0.2, -0.15) is 0 Å². The van der Waals surface area contributed by atoms with Crippen LogP contribution in [0.4, 0.5) is 11.4 Å². The molecule has 2 aromatic carbocycles. The van der Waals surface area contributed by atoms with Crippen molar-refractivity contribution in [2.24, 2.45) is 0 Å². The summed E-state index contributed by atoms with van der Waals surface area (Å²) in [5, 5.41) is 0.562. The maximum Gasteiger partial charge on any atom is 0.292 e. The third-order valence-electron chi connectivity index (χ3n) is 5.96. The molecule has 0 spiro atoms. The summed E-state index contributed by atoms with van der Waals surface area (Å²) in [5.74, 6) is 0.577. The van der Waals surface area contributed by atoms with Gasteiger partial charge in [0.1, 0.15) is 5.75 Å². The highest BCUT2D eigenvalue weighted by molar-refractivity contribution is 6.32. The molecular weight excluding hydrogens is 390 g/mol. The largest absolute Gasteiger partial charge is 0.497 e. The Kier molecular flexibility index (Phi) is 5.48. The number of quaternary nitrogens is 1. The van der Waals surface area contributed by atoms with Gasteiger partial charge >= 0.3 is 0 Å². The van der Waals surface area contributed by atoms with Crippen molar-refractivity contribution in [3.63, 3.8) is 0 Å². The van der Waals surface area contributed by atoms with Crippen molar-refractivity contribution in [1.82, 2.24) is 0 Å². The molecule has 0 radical (unpaired) electrons. The number of rotatable bonds is 4. The molecule has 1 atom stereocenters. The van der Waals surface area contributed by atoms with Crippen LogP contribution < -0.4 is 19.4 Å². The number of piperazine rings is 1. The molecule has 0 aliphatic carbocycles. The number of methoxy groups -OCH3 is 1. The Morgan fingerprint density at radius 3 is 2.41 bits per heavy atom. The monoisotopic (exact) mass is 414 g/mol. The number of nitrogens with one attached hydrogen (secondary N) is 1. The molecule has 2 amide bonds. The standard InChI is InChI=1S/C22H24ClN3O3/c1-15-18(23)4-3-5-19(15)26-21(27)14-20(22(26)28)25-12-10-24(11-13-25)16-6-8-17(29-2)9-7-16/h3-9,20H,10-14H2,1-2H3/p+1/t20-/m1/s1. The molecule has 7 heteroatoms. The lowest BCUT2D eigenvalue weighted by atomic mass is 10.1. The van der Waals surface area contributed by atoms with Crippen molar-refractivity contribution in [2.75, 3.05) is 43.1 Å². The van der Waals surface area contributed by atoms with E-state index in [0.29, 0.717) is 10.7 Å². The van der Waals surface area contributed by atoms with Crippen LogP contribution in [0.5, 0.6) is 5.75 Å². The quantitative estimate of drug-likeness (QED) is 0.774. The number of carbonyl (C=O) groups is 2. The first kappa shape index (κ1) is 19.7. The van der Waals surface area contributed by atoms with Gasteiger partial charge in [-0.05, 0) is 48.9 Å². The average molecular weight is 415 g/mol. The summed E-state index contributed by atoms with van der Waals surface area (Å²) in [6.45, 7) is 5.16. The van der Waals surface area contributed by atoms with E-state index in [1.165, 1.54) is 9.80 Å². The molecule has 0 aromatic heterocycles. The molecule has 29 heavy (non-hydrogen) atoms. The predicted octanol–water partition coefficient (Wildman–Crippen LogP) is 1.69. The molecule has 2 heterocycles. The summed E-state index contributed by atoms with van der Waals surface area (Å²) in [6.07, 6.45) is 0.253. The fourth-order valence-electron chi connectivity index (χ4n) is 4.24. The summed E-state index contributed by atoms with van der Waals surface area (Å²) < 4.78 is 5.22. The van der Waals surface area contributed by atoms with E-state index in [4.69, 9.17) is 16.3 Å². The third kappa shape index (κ3) is 3.70. The van der Waals surface area contributed by atoms with Gasteiger partial charge in [-0.3, -0.25) is 9.59 Å². The Bertz CT molecular complexity index is 923. The van der Waals surface area contributed by atoms with E-state index in [0.717, 1.165) is 43.2 Å². The first-order valence-corrected chi connectivity index (χ1v) is 10.2. The van der Waals surface area contributed by atoms with Gasteiger partial charge in [-0.25, -0.2) is 4.90 Å². The smallest absolute Gasteiger partial charge is 0.292 e. The van der Waals surface area contributed by atoms with E-state index in [9.17, 15) is 9.59 Å². The van der Waals surface area contributed by atoms with E-state index in [2.05, 4.69) is 17.0 Å². The molecule has 152 valence electrons. The maximum atomic E-state index is 13.1. The lowest BCUT2D eigenvalue weighted by molar-refractivity contribution is -0.915. The summed E-state index contributed by atoms with van der Waals surface area (Å²) in [7, 11) is 1.66. The number of halogens is 1. The summed E-state index contributed by atoms with van der Waals surface area (Å²) >= 11 is 6.20. The zero-order chi connectivity index (χ0) is 20.5. The zero-order valence-electron chi connectivity index (χ0n) is 16.7. The van der Waals surface area contributed by atoms with Gasteiger partial charge in [0.25, 0.3) is 5.91 Å². The predicted molar refractivity (Wildman–Crippen MR) is 113 cm³/mol. The van der Waals surface area contributed by atoms with Gasteiger partial charge in [0, 0.05) is 10.7 Å². The number of imide groups is 1. The minimum atomic E-state index is -0.320. The van der Waals surface area contributed by atoms with Crippen molar-refractivity contribution < 1.29 is 19.2 Å². The van der Waals surface area contributed by atoms with Gasteiger partial charge < -0.3 is 14.5 Å². The molecular formula is C22H25ClN3O3+. The van der Waals surface area contributed by atoms with Gasteiger partial charge in [0.15, 0.2) is 6.04 Å². The normalized spacial score (nSPS) is 20.4. The Balaban J connectivity index is 1.44. The molecule has 1 N–H and O–H groups in total. The minimum absolute atomic E-state index is 0.117. The van der Waals surface area contributed by atoms with Crippen LogP contribution >= 0.6 is 11.6 Å². The molecule has 0 unspecified atom stereocenters. The second kappa shape index (κ2) is 8.05. The maximum absolute atomic E-state index is 13.1. The highest BCUT2D eigenvalue weighted by atomic mass is 35.5. The number of hydrogen-bond acceptors (Lipinski definition) is 4. The van der Waals surface area contributed by atoms with Gasteiger partial charge in [0.2, 0.25) is 5.91 Å². The molecule has 2 fully saturated rings. The summed E-state index contributed by atoms with van der Waals surface area (Å²) in [4.78, 5) is 30.6. The molecule has 2 aliphatic heterocycles. The van der Waals surface area contributed by atoms with Crippen molar-refractivity contribution >= 4 is 34.8 Å². The SMILES string of the molecule is COc1ccc(N2CC[NH+]([C@@H]3CC(=O)N(c4cccc(Cl)c4C)C3=O)CC2)cc1. The van der Waals surface area contributed by atoms with Crippen molar-refractivity contribution in [2.45, 2.75) is 19.4 Å². The van der Waals surface area contributed by atoms with Crippen LogP contribution in [0.15, 0.2) is 42.5 Å². The van der Waals surface area contributed by atoms with Crippen LogP contribution in [0.2, 0.25) is 5.02 Å². The third-order valence-corrected chi connectivity index (χ3v) is 6.37. The molecule has 4 rings (SSSR count). The van der Waals surface area contributed by atoms with E-state index in [1.54, 1.807) is 25.3 Å². The van der Waals surface area contributed by atoms with Crippen molar-refractivity contribution in [3.05, 3.63) is 53.1 Å². The van der Waals surface area contributed by atoms with Gasteiger partial charge in [-0.1, -0.05) is 17.7 Å².